The first-order valence-electron chi connectivity index (χ1n) is 26.3. The van der Waals surface area contributed by atoms with Gasteiger partial charge in [-0.05, 0) is 192 Å². The molecule has 0 bridgehead atoms. The Morgan fingerprint density at radius 1 is 0.447 bits per heavy atom. The highest BCUT2D eigenvalue weighted by molar-refractivity contribution is 9.10. The van der Waals surface area contributed by atoms with Crippen molar-refractivity contribution in [1.29, 1.82) is 0 Å². The SMILES string of the molecule is C.C.CC(=O)[O-].CN(C)c1ccc2cc(-c3cc[n+](C)cc3)ccc2c1.CN(C)c1ccc2cc(-c3cc[n+](C)cc3)ccc2c1.Nc1ccc2cc(-c3ccncc3)ccc2c1.Nc1ccc2cc(Br)ccc2c1.OB(O)c1ccncc1.[I-]. The summed E-state index contributed by atoms with van der Waals surface area (Å²) in [6, 6.07) is 66.6. The molecule has 0 unspecified atom stereocenters. The highest BCUT2D eigenvalue weighted by Gasteiger charge is 2.09. The molecule has 0 amide bonds. The van der Waals surface area contributed by atoms with Crippen LogP contribution in [-0.4, -0.2) is 61.3 Å². The van der Waals surface area contributed by atoms with Crippen LogP contribution in [0.3, 0.4) is 0 Å². The van der Waals surface area contributed by atoms with Gasteiger partial charge in [0.1, 0.15) is 14.1 Å². The quantitative estimate of drug-likeness (QED) is 0.0544. The molecule has 0 radical (unpaired) electrons. The molecule has 12 aromatic rings. The van der Waals surface area contributed by atoms with Gasteiger partial charge in [0.05, 0.1) is 0 Å². The van der Waals surface area contributed by atoms with Gasteiger partial charge in [-0.1, -0.05) is 97.5 Å². The molecule has 0 aliphatic heterocycles. The summed E-state index contributed by atoms with van der Waals surface area (Å²) in [5.74, 6) is -1.08. The minimum atomic E-state index is -1.38. The van der Waals surface area contributed by atoms with Crippen molar-refractivity contribution in [3.05, 3.63) is 248 Å². The molecule has 0 atom stereocenters. The van der Waals surface area contributed by atoms with Crippen molar-refractivity contribution in [3.8, 4) is 33.4 Å². The van der Waals surface area contributed by atoms with Gasteiger partial charge in [-0.3, -0.25) is 9.97 Å². The van der Waals surface area contributed by atoms with Crippen LogP contribution in [0.1, 0.15) is 21.8 Å². The number of benzene rings is 8. The molecule has 15 heteroatoms. The van der Waals surface area contributed by atoms with Crippen LogP contribution in [0, 0.1) is 0 Å². The number of aliphatic carboxylic acids is 1. The predicted octanol–water partition coefficient (Wildman–Crippen LogP) is 9.26. The smallest absolute Gasteiger partial charge is 0.488 e. The van der Waals surface area contributed by atoms with Crippen LogP contribution >= 0.6 is 15.9 Å². The third-order valence-corrected chi connectivity index (χ3v) is 13.5. The van der Waals surface area contributed by atoms with Crippen molar-refractivity contribution >= 4 is 100 Å². The topological polar surface area (TPSA) is 173 Å². The normalized spacial score (nSPS) is 9.91. The summed E-state index contributed by atoms with van der Waals surface area (Å²) < 4.78 is 5.20. The molecule has 6 N–H and O–H groups in total. The third-order valence-electron chi connectivity index (χ3n) is 13.0. The number of rotatable bonds is 6. The Hall–Kier alpha value is -8.74. The van der Waals surface area contributed by atoms with Gasteiger partial charge in [0.2, 0.25) is 0 Å². The lowest BCUT2D eigenvalue weighted by atomic mass is 9.81. The van der Waals surface area contributed by atoms with Crippen LogP contribution in [0.15, 0.2) is 248 Å². The number of hydrogen-bond donors (Lipinski definition) is 4. The number of anilines is 4. The molecular weight excluding hydrogens is 1230 g/mol. The summed E-state index contributed by atoms with van der Waals surface area (Å²) >= 11 is 3.42. The van der Waals surface area contributed by atoms with Crippen LogP contribution in [0.25, 0.3) is 76.5 Å². The van der Waals surface area contributed by atoms with Gasteiger partial charge in [0, 0.05) is 110 Å². The minimum absolute atomic E-state index is 0. The first kappa shape index (κ1) is 68.8. The summed E-state index contributed by atoms with van der Waals surface area (Å²) in [7, 11) is 11.0. The Bertz CT molecular complexity index is 3850. The molecule has 0 saturated heterocycles. The van der Waals surface area contributed by atoms with E-state index in [4.69, 9.17) is 31.4 Å². The van der Waals surface area contributed by atoms with Gasteiger partial charge in [-0.25, -0.2) is 9.13 Å². The van der Waals surface area contributed by atoms with E-state index < -0.39 is 13.1 Å². The Labute approximate surface area is 526 Å². The van der Waals surface area contributed by atoms with Gasteiger partial charge in [0.25, 0.3) is 0 Å². The zero-order chi connectivity index (χ0) is 58.7. The maximum Gasteiger partial charge on any atom is 0.488 e. The molecule has 0 fully saturated rings. The monoisotopic (exact) mass is 1310 g/mol. The van der Waals surface area contributed by atoms with Gasteiger partial charge in [-0.2, -0.15) is 0 Å². The fraction of sp³-hybridized carbons (Fsp3) is 0.129. The highest BCUT2D eigenvalue weighted by Crippen LogP contribution is 2.29. The fourth-order valence-corrected chi connectivity index (χ4v) is 8.91. The number of nitrogens with zero attached hydrogens (tertiary/aromatic N) is 6. The predicted molar refractivity (Wildman–Crippen MR) is 356 cm³/mol. The van der Waals surface area contributed by atoms with E-state index in [1.807, 2.05) is 84.2 Å². The molecule has 12 rings (SSSR count). The van der Waals surface area contributed by atoms with Crippen molar-refractivity contribution in [1.82, 2.24) is 9.97 Å². The molecule has 0 aliphatic rings. The average Bonchev–Trinajstić information content (AvgIpc) is 3.01. The maximum absolute atomic E-state index is 8.89. The van der Waals surface area contributed by atoms with E-state index in [2.05, 4.69) is 222 Å². The van der Waals surface area contributed by atoms with E-state index in [-0.39, 0.29) is 38.8 Å². The van der Waals surface area contributed by atoms with E-state index >= 15 is 0 Å². The Morgan fingerprint density at radius 2 is 0.741 bits per heavy atom. The lowest BCUT2D eigenvalue weighted by Gasteiger charge is -2.13. The number of carbonyl (C=O) groups excluding carboxylic acids is 1. The summed E-state index contributed by atoms with van der Waals surface area (Å²) in [5.41, 5.74) is 23.4. The first-order valence-corrected chi connectivity index (χ1v) is 27.1. The molecule has 8 aromatic carbocycles. The number of fused-ring (bicyclic) bond motifs is 4. The van der Waals surface area contributed by atoms with E-state index in [1.54, 1.807) is 12.1 Å². The van der Waals surface area contributed by atoms with Gasteiger partial charge >= 0.3 is 7.12 Å². The number of hydrogen-bond acceptors (Lipinski definition) is 10. The lowest BCUT2D eigenvalue weighted by Crippen LogP contribution is -3.00. The summed E-state index contributed by atoms with van der Waals surface area (Å²) in [6.45, 7) is 0.972. The van der Waals surface area contributed by atoms with Crippen molar-refractivity contribution in [3.63, 3.8) is 0 Å². The summed E-state index contributed by atoms with van der Waals surface area (Å²) in [5, 5.41) is 35.9. The lowest BCUT2D eigenvalue weighted by molar-refractivity contribution is -0.671. The molecule has 85 heavy (non-hydrogen) atoms. The van der Waals surface area contributed by atoms with Crippen LogP contribution in [0.2, 0.25) is 0 Å². The number of aromatic nitrogens is 4. The van der Waals surface area contributed by atoms with Crippen molar-refractivity contribution < 1.29 is 53.1 Å². The van der Waals surface area contributed by atoms with Crippen LogP contribution < -0.4 is 64.9 Å². The molecule has 0 aliphatic carbocycles. The Kier molecular flexibility index (Phi) is 27.1. The highest BCUT2D eigenvalue weighted by atomic mass is 127. The second-order valence-electron chi connectivity index (χ2n) is 19.7. The van der Waals surface area contributed by atoms with E-state index in [0.717, 1.165) is 22.8 Å². The Morgan fingerprint density at radius 3 is 1.09 bits per heavy atom. The standard InChI is InChI=1S/2C18H19N2.C15H12N2.C10H8BrN.C5H6BNO2.C2H4O2.2CH4.HI/c2*1-19(2)18-7-6-16-12-15(4-5-17(16)13-18)14-8-10-20(3)11-9-14;16-15-4-3-13-9-12(1-2-14(13)10-15)11-5-7-17-8-6-11;11-9-3-1-8-6-10(12)4-2-7(8)5-9;8-6(9)5-1-3-7-4-2-5;1-2(3)4;;;/h2*4-13H,1-3H3;1-10H,16H2;1-6H,12H2;1-4,8-9H;1H3,(H,3,4);2*1H4;1H/q2*+1;;;;;;;/p-2. The summed E-state index contributed by atoms with van der Waals surface area (Å²) in [4.78, 5) is 20.9. The summed E-state index contributed by atoms with van der Waals surface area (Å²) in [6.07, 6.45) is 14.9. The third kappa shape index (κ3) is 20.8. The van der Waals surface area contributed by atoms with Crippen molar-refractivity contribution in [2.45, 2.75) is 21.8 Å². The van der Waals surface area contributed by atoms with E-state index in [1.165, 1.54) is 100 Å². The van der Waals surface area contributed by atoms with Crippen molar-refractivity contribution in [2.24, 2.45) is 14.1 Å². The maximum atomic E-state index is 8.89. The first-order chi connectivity index (χ1) is 39.4. The molecule has 12 nitrogen and oxygen atoms in total. The molecule has 436 valence electrons. The van der Waals surface area contributed by atoms with Gasteiger partial charge in [-0.15, -0.1) is 0 Å². The number of nitrogen functional groups attached to an aromatic ring is 2. The molecule has 0 spiro atoms. The van der Waals surface area contributed by atoms with Gasteiger partial charge < -0.3 is 65.2 Å². The molecular formula is C70H75BBrIN8O4. The number of carbonyl (C=O) groups is 1. The molecule has 4 heterocycles. The van der Waals surface area contributed by atoms with Crippen LogP contribution in [0.5, 0.6) is 0 Å². The zero-order valence-electron chi connectivity index (χ0n) is 47.5. The minimum Gasteiger partial charge on any atom is -1.00 e. The van der Waals surface area contributed by atoms with Crippen LogP contribution in [-0.2, 0) is 18.9 Å². The number of nitrogens with two attached hydrogens (primary N) is 2. The van der Waals surface area contributed by atoms with Gasteiger partial charge in [0.15, 0.2) is 24.8 Å². The van der Waals surface area contributed by atoms with E-state index in [9.17, 15) is 0 Å². The second kappa shape index (κ2) is 33.5. The largest absolute Gasteiger partial charge is 1.00 e. The molecule has 0 saturated carbocycles. The number of halogens is 2. The van der Waals surface area contributed by atoms with Crippen molar-refractivity contribution in [2.75, 3.05) is 49.5 Å². The number of pyridine rings is 4. The number of carboxylic acids is 1. The average molecular weight is 1310 g/mol. The Balaban J connectivity index is 0.000000227. The van der Waals surface area contributed by atoms with Crippen LogP contribution in [0.4, 0.5) is 22.7 Å². The second-order valence-corrected chi connectivity index (χ2v) is 20.7. The fourth-order valence-electron chi connectivity index (χ4n) is 8.53. The number of carboxylic acid groups (broad SMARTS) is 1. The van der Waals surface area contributed by atoms with E-state index in [0.29, 0.717) is 5.46 Å². The molecule has 4 aromatic heterocycles. The number of aryl methyl sites for hydroxylation is 2. The zero-order valence-corrected chi connectivity index (χ0v) is 51.2.